The molecule has 0 amide bonds. The first-order valence-corrected chi connectivity index (χ1v) is 6.20. The number of ether oxygens (including phenoxy) is 1. The van der Waals surface area contributed by atoms with E-state index in [0.717, 1.165) is 5.23 Å². The number of aromatic carboxylic acids is 1. The summed E-state index contributed by atoms with van der Waals surface area (Å²) in [5, 5.41) is 10.4. The van der Waals surface area contributed by atoms with Crippen LogP contribution in [0.4, 0.5) is 5.69 Å². The van der Waals surface area contributed by atoms with Gasteiger partial charge in [-0.2, -0.15) is 0 Å². The molecule has 0 fully saturated rings. The van der Waals surface area contributed by atoms with Gasteiger partial charge in [0.25, 0.3) is 0 Å². The fraction of sp³-hybridized carbons (Fsp3) is 0.462. The molecule has 0 aliphatic rings. The highest BCUT2D eigenvalue weighted by Gasteiger charge is 2.22. The zero-order valence-electron chi connectivity index (χ0n) is 11.4. The molecule has 1 aromatic rings. The lowest BCUT2D eigenvalue weighted by Crippen LogP contribution is -2.26. The van der Waals surface area contributed by atoms with Crippen LogP contribution in [0.15, 0.2) is 18.2 Å². The first-order valence-electron chi connectivity index (χ1n) is 6.20. The summed E-state index contributed by atoms with van der Waals surface area (Å²) in [6.45, 7) is 6.51. The molecule has 6 nitrogen and oxygen atoms in total. The Morgan fingerprint density at radius 1 is 1.16 bits per heavy atom. The number of hydrogen-bond donors (Lipinski definition) is 1. The number of benzene rings is 1. The molecular formula is C13H19NO5. The van der Waals surface area contributed by atoms with Crippen LogP contribution >= 0.6 is 0 Å². The molecule has 0 saturated carbocycles. The molecule has 19 heavy (non-hydrogen) atoms. The highest BCUT2D eigenvalue weighted by Crippen LogP contribution is 2.33. The molecule has 1 N–H and O–H groups in total. The van der Waals surface area contributed by atoms with Crippen LogP contribution in [-0.4, -0.2) is 30.9 Å². The molecule has 0 atom stereocenters. The van der Waals surface area contributed by atoms with Crippen molar-refractivity contribution in [2.24, 2.45) is 0 Å². The third kappa shape index (κ3) is 3.84. The Kier molecular flexibility index (Phi) is 6.11. The quantitative estimate of drug-likeness (QED) is 0.731. The second kappa shape index (κ2) is 7.60. The summed E-state index contributed by atoms with van der Waals surface area (Å²) < 4.78 is 5.44. The van der Waals surface area contributed by atoms with E-state index in [4.69, 9.17) is 14.4 Å². The van der Waals surface area contributed by atoms with Crippen LogP contribution < -0.4 is 9.96 Å². The minimum atomic E-state index is -1.07. The van der Waals surface area contributed by atoms with Gasteiger partial charge in [-0.3, -0.25) is 0 Å². The molecule has 1 rings (SSSR count). The van der Waals surface area contributed by atoms with E-state index in [9.17, 15) is 9.90 Å². The topological polar surface area (TPSA) is 68.2 Å². The summed E-state index contributed by atoms with van der Waals surface area (Å²) in [4.78, 5) is 21.9. The molecule has 0 saturated heterocycles. The van der Waals surface area contributed by atoms with Crippen molar-refractivity contribution in [3.05, 3.63) is 23.8 Å². The zero-order chi connectivity index (χ0) is 14.3. The van der Waals surface area contributed by atoms with Crippen molar-refractivity contribution >= 4 is 11.7 Å². The van der Waals surface area contributed by atoms with Gasteiger partial charge in [0.2, 0.25) is 0 Å². The van der Waals surface area contributed by atoms with Gasteiger partial charge in [-0.15, -0.1) is 5.23 Å². The van der Waals surface area contributed by atoms with Crippen LogP contribution in [0.5, 0.6) is 5.75 Å². The second-order valence-corrected chi connectivity index (χ2v) is 3.48. The van der Waals surface area contributed by atoms with E-state index in [1.165, 1.54) is 6.07 Å². The Bertz CT molecular complexity index is 415. The Labute approximate surface area is 112 Å². The average molecular weight is 269 g/mol. The van der Waals surface area contributed by atoms with Gasteiger partial charge in [-0.05, 0) is 32.9 Å². The van der Waals surface area contributed by atoms with Crippen LogP contribution in [0.25, 0.3) is 0 Å². The van der Waals surface area contributed by atoms with Gasteiger partial charge in [0.15, 0.2) is 5.69 Å². The lowest BCUT2D eigenvalue weighted by molar-refractivity contribution is -0.0827. The van der Waals surface area contributed by atoms with Gasteiger partial charge in [0.05, 0.1) is 25.4 Å². The van der Waals surface area contributed by atoms with Gasteiger partial charge >= 0.3 is 5.97 Å². The van der Waals surface area contributed by atoms with Crippen molar-refractivity contribution in [2.45, 2.75) is 20.8 Å². The highest BCUT2D eigenvalue weighted by molar-refractivity contribution is 5.95. The van der Waals surface area contributed by atoms with E-state index < -0.39 is 5.97 Å². The SMILES string of the molecule is CCOc1cccc(C(=O)O)c1N(OCC)OCC. The van der Waals surface area contributed by atoms with E-state index in [1.807, 2.05) is 6.92 Å². The van der Waals surface area contributed by atoms with E-state index in [2.05, 4.69) is 0 Å². The Morgan fingerprint density at radius 3 is 2.26 bits per heavy atom. The minimum Gasteiger partial charge on any atom is -0.491 e. The van der Waals surface area contributed by atoms with Crippen molar-refractivity contribution in [2.75, 3.05) is 25.0 Å². The molecule has 106 valence electrons. The minimum absolute atomic E-state index is 0.0628. The van der Waals surface area contributed by atoms with Gasteiger partial charge in [-0.1, -0.05) is 6.07 Å². The van der Waals surface area contributed by atoms with Crippen LogP contribution in [0.2, 0.25) is 0 Å². The fourth-order valence-electron chi connectivity index (χ4n) is 1.56. The molecule has 0 aliphatic carbocycles. The molecule has 6 heteroatoms. The number of anilines is 1. The predicted octanol–water partition coefficient (Wildman–Crippen LogP) is 2.49. The number of carbonyl (C=O) groups is 1. The monoisotopic (exact) mass is 269 g/mol. The maximum absolute atomic E-state index is 11.3. The van der Waals surface area contributed by atoms with E-state index in [1.54, 1.807) is 26.0 Å². The first-order chi connectivity index (χ1) is 9.15. The summed E-state index contributed by atoms with van der Waals surface area (Å²) in [6, 6.07) is 4.77. The molecule has 0 heterocycles. The van der Waals surface area contributed by atoms with Crippen LogP contribution in [0.3, 0.4) is 0 Å². The average Bonchev–Trinajstić information content (AvgIpc) is 2.38. The summed E-state index contributed by atoms with van der Waals surface area (Å²) in [7, 11) is 0. The Balaban J connectivity index is 3.27. The van der Waals surface area contributed by atoms with E-state index >= 15 is 0 Å². The molecule has 0 aromatic heterocycles. The number of carboxylic acids is 1. The van der Waals surface area contributed by atoms with Crippen molar-refractivity contribution in [3.8, 4) is 5.75 Å². The Hall–Kier alpha value is -1.79. The third-order valence-corrected chi connectivity index (χ3v) is 2.20. The standard InChI is InChI=1S/C13H19NO5/c1-4-17-11-9-7-8-10(13(15)16)12(11)14(18-5-2)19-6-3/h7-9H,4-6H2,1-3H3,(H,15,16). The van der Waals surface area contributed by atoms with Crippen LogP contribution in [-0.2, 0) is 9.68 Å². The van der Waals surface area contributed by atoms with Crippen molar-refractivity contribution in [1.82, 2.24) is 0 Å². The van der Waals surface area contributed by atoms with Crippen LogP contribution in [0.1, 0.15) is 31.1 Å². The van der Waals surface area contributed by atoms with E-state index in [0.29, 0.717) is 25.6 Å². The number of rotatable bonds is 8. The fourth-order valence-corrected chi connectivity index (χ4v) is 1.56. The van der Waals surface area contributed by atoms with Gasteiger partial charge < -0.3 is 9.84 Å². The van der Waals surface area contributed by atoms with Gasteiger partial charge in [-0.25, -0.2) is 14.5 Å². The molecular weight excluding hydrogens is 250 g/mol. The lowest BCUT2D eigenvalue weighted by atomic mass is 10.1. The molecule has 0 radical (unpaired) electrons. The third-order valence-electron chi connectivity index (χ3n) is 2.20. The molecule has 0 aliphatic heterocycles. The smallest absolute Gasteiger partial charge is 0.338 e. The largest absolute Gasteiger partial charge is 0.491 e. The van der Waals surface area contributed by atoms with Gasteiger partial charge in [0.1, 0.15) is 5.75 Å². The number of carboxylic acid groups (broad SMARTS) is 1. The molecule has 1 aromatic carbocycles. The number of nitrogens with zero attached hydrogens (tertiary/aromatic N) is 1. The number of hydrogen-bond acceptors (Lipinski definition) is 5. The summed E-state index contributed by atoms with van der Waals surface area (Å²) in [5.74, 6) is -0.662. The zero-order valence-corrected chi connectivity index (χ0v) is 11.4. The lowest BCUT2D eigenvalue weighted by Gasteiger charge is -2.24. The van der Waals surface area contributed by atoms with E-state index in [-0.39, 0.29) is 11.3 Å². The Morgan fingerprint density at radius 2 is 1.79 bits per heavy atom. The molecule has 0 unspecified atom stereocenters. The van der Waals surface area contributed by atoms with Crippen LogP contribution in [0, 0.1) is 0 Å². The van der Waals surface area contributed by atoms with Crippen molar-refractivity contribution < 1.29 is 24.3 Å². The van der Waals surface area contributed by atoms with Crippen molar-refractivity contribution in [1.29, 1.82) is 0 Å². The predicted molar refractivity (Wildman–Crippen MR) is 70.3 cm³/mol. The first kappa shape index (κ1) is 15.3. The van der Waals surface area contributed by atoms with Crippen molar-refractivity contribution in [3.63, 3.8) is 0 Å². The summed E-state index contributed by atoms with van der Waals surface area (Å²) in [5.41, 5.74) is 0.327. The highest BCUT2D eigenvalue weighted by atomic mass is 16.9. The maximum atomic E-state index is 11.3. The summed E-state index contributed by atoms with van der Waals surface area (Å²) >= 11 is 0. The van der Waals surface area contributed by atoms with Gasteiger partial charge in [0, 0.05) is 0 Å². The normalized spacial score (nSPS) is 10.3. The maximum Gasteiger partial charge on any atom is 0.338 e. The number of para-hydroxylation sites is 1. The summed E-state index contributed by atoms with van der Waals surface area (Å²) in [6.07, 6.45) is 0. The molecule has 0 bridgehead atoms. The molecule has 0 spiro atoms. The second-order valence-electron chi connectivity index (χ2n) is 3.48.